The molecule has 111 valence electrons. The van der Waals surface area contributed by atoms with Crippen molar-refractivity contribution in [3.63, 3.8) is 0 Å². The van der Waals surface area contributed by atoms with E-state index in [0.29, 0.717) is 18.8 Å². The Morgan fingerprint density at radius 2 is 1.84 bits per heavy atom. The first-order valence-electron chi connectivity index (χ1n) is 7.69. The molecule has 0 aromatic carbocycles. The summed E-state index contributed by atoms with van der Waals surface area (Å²) in [4.78, 5) is 0. The highest BCUT2D eigenvalue weighted by Crippen LogP contribution is 2.23. The van der Waals surface area contributed by atoms with E-state index in [1.54, 1.807) is 4.31 Å². The Kier molecular flexibility index (Phi) is 6.10. The second-order valence-electron chi connectivity index (χ2n) is 5.79. The van der Waals surface area contributed by atoms with E-state index in [-0.39, 0.29) is 0 Å². The maximum Gasteiger partial charge on any atom is 0.214 e. The summed E-state index contributed by atoms with van der Waals surface area (Å²) in [7, 11) is -3.01. The number of rotatable bonds is 7. The van der Waals surface area contributed by atoms with Crippen molar-refractivity contribution < 1.29 is 8.42 Å². The van der Waals surface area contributed by atoms with Gasteiger partial charge >= 0.3 is 0 Å². The van der Waals surface area contributed by atoms with Crippen molar-refractivity contribution in [3.05, 3.63) is 6.42 Å². The lowest BCUT2D eigenvalue weighted by Gasteiger charge is -2.25. The standard InChI is InChI=1S/C14H27N2O2S/c17-19(18,16-10-4-1-5-11-16)12-6-9-15-13-14-7-2-3-8-14/h1,14-15H,2-13H2. The van der Waals surface area contributed by atoms with Crippen LogP contribution in [0.3, 0.4) is 0 Å². The molecule has 0 amide bonds. The molecule has 1 saturated carbocycles. The van der Waals surface area contributed by atoms with Gasteiger partial charge < -0.3 is 5.32 Å². The Morgan fingerprint density at radius 1 is 1.16 bits per heavy atom. The maximum atomic E-state index is 12.1. The van der Waals surface area contributed by atoms with Gasteiger partial charge in [0.25, 0.3) is 0 Å². The number of nitrogens with zero attached hydrogens (tertiary/aromatic N) is 1. The van der Waals surface area contributed by atoms with Crippen molar-refractivity contribution in [2.45, 2.75) is 44.9 Å². The summed E-state index contributed by atoms with van der Waals surface area (Å²) in [6, 6.07) is 0. The van der Waals surface area contributed by atoms with Gasteiger partial charge in [0.2, 0.25) is 10.0 Å². The first-order valence-corrected chi connectivity index (χ1v) is 9.29. The van der Waals surface area contributed by atoms with Gasteiger partial charge in [-0.05, 0) is 57.5 Å². The summed E-state index contributed by atoms with van der Waals surface area (Å²) >= 11 is 0. The van der Waals surface area contributed by atoms with Gasteiger partial charge in [0, 0.05) is 13.1 Å². The molecule has 0 aromatic rings. The van der Waals surface area contributed by atoms with E-state index in [0.717, 1.165) is 38.3 Å². The average Bonchev–Trinajstić information content (AvgIpc) is 2.92. The van der Waals surface area contributed by atoms with E-state index in [1.165, 1.54) is 25.7 Å². The number of sulfonamides is 1. The minimum atomic E-state index is -3.01. The molecule has 19 heavy (non-hydrogen) atoms. The normalized spacial score (nSPS) is 22.9. The molecule has 1 radical (unpaired) electrons. The summed E-state index contributed by atoms with van der Waals surface area (Å²) in [5.74, 6) is 1.12. The van der Waals surface area contributed by atoms with E-state index < -0.39 is 10.0 Å². The van der Waals surface area contributed by atoms with Gasteiger partial charge in [-0.2, -0.15) is 0 Å². The van der Waals surface area contributed by atoms with E-state index >= 15 is 0 Å². The van der Waals surface area contributed by atoms with Crippen LogP contribution in [0.1, 0.15) is 44.9 Å². The zero-order chi connectivity index (χ0) is 13.6. The highest BCUT2D eigenvalue weighted by molar-refractivity contribution is 7.89. The van der Waals surface area contributed by atoms with Gasteiger partial charge in [0.1, 0.15) is 0 Å². The summed E-state index contributed by atoms with van der Waals surface area (Å²) < 4.78 is 25.8. The molecule has 1 aliphatic carbocycles. The van der Waals surface area contributed by atoms with Crippen LogP contribution in [-0.4, -0.2) is 44.7 Å². The zero-order valence-electron chi connectivity index (χ0n) is 11.8. The Labute approximate surface area is 118 Å². The highest BCUT2D eigenvalue weighted by Gasteiger charge is 2.23. The molecular weight excluding hydrogens is 260 g/mol. The van der Waals surface area contributed by atoms with E-state index in [9.17, 15) is 8.42 Å². The van der Waals surface area contributed by atoms with E-state index in [1.807, 2.05) is 0 Å². The SMILES string of the molecule is O=S(=O)(CCCNCC1CCCC1)N1CC[CH]CC1. The van der Waals surface area contributed by atoms with Crippen LogP contribution in [0.15, 0.2) is 0 Å². The van der Waals surface area contributed by atoms with Gasteiger partial charge in [-0.1, -0.05) is 12.8 Å². The predicted molar refractivity (Wildman–Crippen MR) is 78.3 cm³/mol. The predicted octanol–water partition coefficient (Wildman–Crippen LogP) is 1.79. The average molecular weight is 287 g/mol. The Bertz CT molecular complexity index is 344. The minimum absolute atomic E-state index is 0.296. The molecule has 0 atom stereocenters. The quantitative estimate of drug-likeness (QED) is 0.726. The third-order valence-corrected chi connectivity index (χ3v) is 6.18. The molecule has 0 spiro atoms. The Balaban J connectivity index is 1.58. The van der Waals surface area contributed by atoms with Crippen LogP contribution < -0.4 is 5.32 Å². The molecule has 1 aliphatic heterocycles. The van der Waals surface area contributed by atoms with Crippen LogP contribution >= 0.6 is 0 Å². The monoisotopic (exact) mass is 287 g/mol. The maximum absolute atomic E-state index is 12.1. The van der Waals surface area contributed by atoms with Crippen LogP contribution in [-0.2, 0) is 10.0 Å². The number of nitrogens with one attached hydrogen (secondary N) is 1. The molecule has 0 bridgehead atoms. The second-order valence-corrected chi connectivity index (χ2v) is 7.88. The van der Waals surface area contributed by atoms with E-state index in [2.05, 4.69) is 11.7 Å². The third kappa shape index (κ3) is 5.04. The Morgan fingerprint density at radius 3 is 2.53 bits per heavy atom. The molecule has 4 nitrogen and oxygen atoms in total. The molecule has 1 heterocycles. The van der Waals surface area contributed by atoms with Crippen molar-refractivity contribution in [2.75, 3.05) is 31.9 Å². The van der Waals surface area contributed by atoms with Crippen LogP contribution in [0.5, 0.6) is 0 Å². The fraction of sp³-hybridized carbons (Fsp3) is 0.929. The van der Waals surface area contributed by atoms with Crippen molar-refractivity contribution >= 4 is 10.0 Å². The molecule has 2 fully saturated rings. The number of hydrogen-bond donors (Lipinski definition) is 1. The van der Waals surface area contributed by atoms with Gasteiger partial charge in [-0.25, -0.2) is 12.7 Å². The van der Waals surface area contributed by atoms with Crippen LogP contribution in [0.25, 0.3) is 0 Å². The lowest BCUT2D eigenvalue weighted by Crippen LogP contribution is -2.38. The lowest BCUT2D eigenvalue weighted by molar-refractivity contribution is 0.383. The van der Waals surface area contributed by atoms with Crippen LogP contribution in [0.2, 0.25) is 0 Å². The van der Waals surface area contributed by atoms with Crippen molar-refractivity contribution in [1.29, 1.82) is 0 Å². The highest BCUT2D eigenvalue weighted by atomic mass is 32.2. The van der Waals surface area contributed by atoms with Gasteiger partial charge in [0.05, 0.1) is 5.75 Å². The molecule has 1 N–H and O–H groups in total. The van der Waals surface area contributed by atoms with Crippen molar-refractivity contribution in [2.24, 2.45) is 5.92 Å². The van der Waals surface area contributed by atoms with Gasteiger partial charge in [-0.15, -0.1) is 0 Å². The smallest absolute Gasteiger partial charge is 0.214 e. The first kappa shape index (κ1) is 15.3. The fourth-order valence-corrected chi connectivity index (χ4v) is 4.57. The summed E-state index contributed by atoms with van der Waals surface area (Å²) in [6.45, 7) is 3.25. The molecule has 2 rings (SSSR count). The zero-order valence-corrected chi connectivity index (χ0v) is 12.6. The minimum Gasteiger partial charge on any atom is -0.316 e. The lowest BCUT2D eigenvalue weighted by atomic mass is 10.1. The molecule has 0 unspecified atom stereocenters. The largest absolute Gasteiger partial charge is 0.316 e. The molecule has 1 saturated heterocycles. The Hall–Kier alpha value is -0.130. The van der Waals surface area contributed by atoms with Gasteiger partial charge in [-0.3, -0.25) is 0 Å². The van der Waals surface area contributed by atoms with Crippen LogP contribution in [0.4, 0.5) is 0 Å². The van der Waals surface area contributed by atoms with Crippen LogP contribution in [0, 0.1) is 12.3 Å². The number of hydrogen-bond acceptors (Lipinski definition) is 3. The molecule has 0 aromatic heterocycles. The molecule has 2 aliphatic rings. The molecular formula is C14H27N2O2S. The molecule has 5 heteroatoms. The van der Waals surface area contributed by atoms with E-state index in [4.69, 9.17) is 0 Å². The van der Waals surface area contributed by atoms with Crippen molar-refractivity contribution in [3.8, 4) is 0 Å². The third-order valence-electron chi connectivity index (χ3n) is 4.22. The fourth-order valence-electron chi connectivity index (χ4n) is 3.03. The van der Waals surface area contributed by atoms with Gasteiger partial charge in [0.15, 0.2) is 0 Å². The van der Waals surface area contributed by atoms with Crippen molar-refractivity contribution in [1.82, 2.24) is 9.62 Å². The first-order chi connectivity index (χ1) is 9.18. The second kappa shape index (κ2) is 7.60. The summed E-state index contributed by atoms with van der Waals surface area (Å²) in [5, 5.41) is 3.41. The number of piperidine rings is 1. The topological polar surface area (TPSA) is 49.4 Å². The summed E-state index contributed by atoms with van der Waals surface area (Å²) in [6.07, 6.45) is 10.1. The summed E-state index contributed by atoms with van der Waals surface area (Å²) in [5.41, 5.74) is 0.